The van der Waals surface area contributed by atoms with E-state index in [1.54, 1.807) is 37.2 Å². The summed E-state index contributed by atoms with van der Waals surface area (Å²) in [7, 11) is 20.1. The van der Waals surface area contributed by atoms with E-state index in [2.05, 4.69) is 156 Å². The molecule has 6 nitrogen and oxygen atoms in total. The molecule has 246 valence electrons. The molecule has 42 heavy (non-hydrogen) atoms. The Morgan fingerprint density at radius 2 is 0.548 bits per heavy atom. The van der Waals surface area contributed by atoms with Crippen molar-refractivity contribution in [1.82, 2.24) is 0 Å². The molecular formula is C30H60Cl4N6Ti2. The van der Waals surface area contributed by atoms with Gasteiger partial charge >= 0.3 is 71.3 Å². The smallest absolute Gasteiger partial charge is 4.00 e. The van der Waals surface area contributed by atoms with Crippen LogP contribution < -0.4 is 0 Å². The molecule has 0 bridgehead atoms. The molecule has 0 rings (SSSR count). The Hall–Kier alpha value is 0.609. The SMILES string of the molecule is CC(C)(C)N=CC=NC(C)(C)C.CC(C)(C)[N-]C=C[N-]C(C)(C)C.CC(C)(C)[N-]C=C[N-]C(C)(C)C.[Cl][Ti]([Cl])([Cl])[Cl].[Ti+4]. The van der Waals surface area contributed by atoms with Crippen LogP contribution in [0, 0.1) is 0 Å². The van der Waals surface area contributed by atoms with Crippen molar-refractivity contribution in [3.05, 3.63) is 46.1 Å². The molecular weight excluding hydrogens is 682 g/mol. The summed E-state index contributed by atoms with van der Waals surface area (Å²) in [5.41, 5.74) is 0.0232. The zero-order valence-corrected chi connectivity index (χ0v) is 35.8. The van der Waals surface area contributed by atoms with Gasteiger partial charge in [0.25, 0.3) is 0 Å². The van der Waals surface area contributed by atoms with E-state index in [9.17, 15) is 0 Å². The minimum absolute atomic E-state index is 0. The maximum Gasteiger partial charge on any atom is 4.00 e. The zero-order valence-electron chi connectivity index (χ0n) is 29.7. The second-order valence-corrected chi connectivity index (χ2v) is 30.6. The maximum absolute atomic E-state index is 5.01. The predicted molar refractivity (Wildman–Crippen MR) is 191 cm³/mol. The second-order valence-electron chi connectivity index (χ2n) is 15.1. The molecule has 0 aromatic rings. The van der Waals surface area contributed by atoms with Crippen molar-refractivity contribution in [1.29, 1.82) is 0 Å². The van der Waals surface area contributed by atoms with E-state index in [1.807, 2.05) is 0 Å². The summed E-state index contributed by atoms with van der Waals surface area (Å²) in [6.45, 7) is 37.2. The number of aliphatic imine (C=N–C) groups is 2. The number of halogens is 4. The van der Waals surface area contributed by atoms with Crippen molar-refractivity contribution in [2.45, 2.75) is 158 Å². The van der Waals surface area contributed by atoms with Gasteiger partial charge in [-0.1, -0.05) is 83.1 Å². The molecule has 0 radical (unpaired) electrons. The maximum atomic E-state index is 5.01. The topological polar surface area (TPSA) is 81.1 Å². The van der Waals surface area contributed by atoms with Gasteiger partial charge in [0, 0.05) is 12.4 Å². The summed E-state index contributed by atoms with van der Waals surface area (Å²) in [6, 6.07) is 0. The van der Waals surface area contributed by atoms with Gasteiger partial charge in [-0.15, -0.1) is 22.2 Å². The summed E-state index contributed by atoms with van der Waals surface area (Å²) in [5, 5.41) is 17.1. The second kappa shape index (κ2) is 23.0. The van der Waals surface area contributed by atoms with Crippen LogP contribution in [0.1, 0.15) is 125 Å². The normalized spacial score (nSPS) is 13.4. The number of rotatable bonds is 5. The van der Waals surface area contributed by atoms with Gasteiger partial charge in [0.1, 0.15) is 0 Å². The quantitative estimate of drug-likeness (QED) is 0.199. The van der Waals surface area contributed by atoms with Crippen LogP contribution in [0.15, 0.2) is 34.8 Å². The molecule has 0 spiro atoms. The Bertz CT molecular complexity index is 667. The van der Waals surface area contributed by atoms with Crippen molar-refractivity contribution in [3.8, 4) is 0 Å². The molecule has 0 aromatic carbocycles. The Balaban J connectivity index is -0.000000149. The summed E-state index contributed by atoms with van der Waals surface area (Å²) in [4.78, 5) is 8.57. The molecule has 0 atom stereocenters. The first-order valence-electron chi connectivity index (χ1n) is 13.6. The summed E-state index contributed by atoms with van der Waals surface area (Å²) in [5.74, 6) is 0. The fourth-order valence-electron chi connectivity index (χ4n) is 1.54. The Kier molecular flexibility index (Phi) is 28.6. The molecule has 0 saturated heterocycles. The van der Waals surface area contributed by atoms with E-state index in [0.717, 1.165) is 0 Å². The Morgan fingerprint density at radius 3 is 0.643 bits per heavy atom. The van der Waals surface area contributed by atoms with Crippen molar-refractivity contribution >= 4 is 49.6 Å². The van der Waals surface area contributed by atoms with Crippen molar-refractivity contribution in [2.75, 3.05) is 0 Å². The van der Waals surface area contributed by atoms with Crippen molar-refractivity contribution in [3.63, 3.8) is 0 Å². The van der Waals surface area contributed by atoms with Crippen LogP contribution in [-0.2, 0) is 34.1 Å². The molecule has 0 aliphatic rings. The van der Waals surface area contributed by atoms with Gasteiger partial charge in [-0.25, -0.2) is 24.8 Å². The standard InChI is InChI=1S/3C10H20N2.4ClH.2Ti/c3*1-9(2,3)11-7-8-12-10(4,5)6;;;;;;/h3*7-8H,1-6H3;4*1H;;/q;2*-2;;;;;2*+4/p-4. The van der Waals surface area contributed by atoms with E-state index in [0.29, 0.717) is 0 Å². The average molecular weight is 742 g/mol. The van der Waals surface area contributed by atoms with Gasteiger partial charge in [0.2, 0.25) is 0 Å². The molecule has 0 aliphatic carbocycles. The minimum Gasteiger partial charge on any atom is 4.00 e. The largest absolute Gasteiger partial charge is 4.00 e. The average Bonchev–Trinajstić information content (AvgIpc) is 2.62. The van der Waals surface area contributed by atoms with Gasteiger partial charge in [-0.2, -0.15) is 0 Å². The van der Waals surface area contributed by atoms with Gasteiger partial charge in [0.15, 0.2) is 0 Å². The number of hydrogen-bond acceptors (Lipinski definition) is 2. The van der Waals surface area contributed by atoms with Crippen molar-refractivity contribution in [2.24, 2.45) is 9.98 Å². The molecule has 0 unspecified atom stereocenters. The molecule has 0 amide bonds. The van der Waals surface area contributed by atoms with Crippen LogP contribution in [-0.4, -0.2) is 45.7 Å². The van der Waals surface area contributed by atoms with Gasteiger partial charge in [-0.3, -0.25) is 9.98 Å². The van der Waals surface area contributed by atoms with Gasteiger partial charge < -0.3 is 21.3 Å². The monoisotopic (exact) mass is 740 g/mol. The molecule has 0 aromatic heterocycles. The van der Waals surface area contributed by atoms with Crippen LogP contribution in [0.4, 0.5) is 0 Å². The summed E-state index contributed by atoms with van der Waals surface area (Å²) < 4.78 is 0. The van der Waals surface area contributed by atoms with Crippen LogP contribution in [0.5, 0.6) is 0 Å². The van der Waals surface area contributed by atoms with Crippen LogP contribution in [0.3, 0.4) is 0 Å². The number of nitrogens with zero attached hydrogens (tertiary/aromatic N) is 6. The third-order valence-electron chi connectivity index (χ3n) is 2.97. The van der Waals surface area contributed by atoms with E-state index in [4.69, 9.17) is 37.2 Å². The van der Waals surface area contributed by atoms with E-state index in [1.165, 1.54) is 0 Å². The third kappa shape index (κ3) is 83.6. The first-order valence-corrected chi connectivity index (χ1v) is 22.2. The molecule has 0 fully saturated rings. The third-order valence-corrected chi connectivity index (χ3v) is 2.97. The van der Waals surface area contributed by atoms with Gasteiger partial charge in [-0.05, 0) is 41.5 Å². The summed E-state index contributed by atoms with van der Waals surface area (Å²) in [6.07, 6.45) is 10.6. The fourth-order valence-corrected chi connectivity index (χ4v) is 1.54. The minimum atomic E-state index is -3.11. The summed E-state index contributed by atoms with van der Waals surface area (Å²) >= 11 is -3.11. The fraction of sp³-hybridized carbons (Fsp3) is 0.800. The Labute approximate surface area is 295 Å². The van der Waals surface area contributed by atoms with Gasteiger partial charge in [0.05, 0.1) is 11.1 Å². The molecule has 12 heteroatoms. The van der Waals surface area contributed by atoms with E-state index in [-0.39, 0.29) is 55.0 Å². The molecule has 0 aliphatic heterocycles. The first kappa shape index (κ1) is 52.2. The van der Waals surface area contributed by atoms with Crippen LogP contribution in [0.25, 0.3) is 21.3 Å². The molecule has 0 N–H and O–H groups in total. The van der Waals surface area contributed by atoms with Crippen LogP contribution in [0.2, 0.25) is 0 Å². The zero-order chi connectivity index (χ0) is 34.0. The number of hydrogen-bond donors (Lipinski definition) is 0. The van der Waals surface area contributed by atoms with E-state index >= 15 is 0 Å². The van der Waals surface area contributed by atoms with E-state index < -0.39 is 12.3 Å². The predicted octanol–water partition coefficient (Wildman–Crippen LogP) is 13.1. The molecule has 0 saturated carbocycles. The first-order chi connectivity index (χ1) is 17.6. The van der Waals surface area contributed by atoms with Crippen molar-refractivity contribution < 1.29 is 34.1 Å². The molecule has 0 heterocycles. The van der Waals surface area contributed by atoms with Crippen LogP contribution >= 0.6 is 37.2 Å². The Morgan fingerprint density at radius 1 is 0.405 bits per heavy atom.